The Balaban J connectivity index is 1.44. The number of hydrogen-bond donors (Lipinski definition) is 3. The third-order valence-electron chi connectivity index (χ3n) is 4.06. The van der Waals surface area contributed by atoms with E-state index in [2.05, 4.69) is 22.8 Å². The fourth-order valence-corrected chi connectivity index (χ4v) is 2.82. The number of hydrogen-bond acceptors (Lipinski definition) is 2. The molecule has 2 amide bonds. The van der Waals surface area contributed by atoms with E-state index >= 15 is 0 Å². The molecule has 0 heterocycles. The van der Waals surface area contributed by atoms with Crippen LogP contribution in [-0.4, -0.2) is 29.8 Å². The van der Waals surface area contributed by atoms with Crippen molar-refractivity contribution in [2.24, 2.45) is 5.92 Å². The van der Waals surface area contributed by atoms with E-state index in [4.69, 9.17) is 5.11 Å². The second kappa shape index (κ2) is 5.67. The smallest absolute Gasteiger partial charge is 0.315 e. The first-order valence-electron chi connectivity index (χ1n) is 7.17. The predicted octanol–water partition coefficient (Wildman–Crippen LogP) is 1.78. The number of carbonyl (C=O) groups is 1. The first-order chi connectivity index (χ1) is 9.76. The van der Waals surface area contributed by atoms with Gasteiger partial charge in [-0.05, 0) is 18.4 Å². The van der Waals surface area contributed by atoms with Gasteiger partial charge in [-0.25, -0.2) is 4.79 Å². The van der Waals surface area contributed by atoms with Gasteiger partial charge in [0.05, 0.1) is 0 Å². The highest BCUT2D eigenvalue weighted by atomic mass is 16.3. The highest BCUT2D eigenvalue weighted by molar-refractivity contribution is 5.75. The quantitative estimate of drug-likeness (QED) is 0.732. The molecular formula is C16H20N2O2. The molecule has 1 aromatic rings. The van der Waals surface area contributed by atoms with Crippen LogP contribution in [0.3, 0.4) is 0 Å². The summed E-state index contributed by atoms with van der Waals surface area (Å²) < 4.78 is 0. The van der Waals surface area contributed by atoms with E-state index in [0.29, 0.717) is 5.92 Å². The zero-order valence-corrected chi connectivity index (χ0v) is 11.3. The molecule has 0 saturated heterocycles. The van der Waals surface area contributed by atoms with Crippen LogP contribution in [0.1, 0.15) is 24.3 Å². The van der Waals surface area contributed by atoms with E-state index in [1.807, 2.05) is 30.4 Å². The Hall–Kier alpha value is -1.81. The van der Waals surface area contributed by atoms with Crippen molar-refractivity contribution in [1.29, 1.82) is 0 Å². The van der Waals surface area contributed by atoms with Gasteiger partial charge in [-0.3, -0.25) is 0 Å². The van der Waals surface area contributed by atoms with Gasteiger partial charge in [-0.15, -0.1) is 0 Å². The summed E-state index contributed by atoms with van der Waals surface area (Å²) in [6.45, 7) is 0.148. The number of urea groups is 1. The molecule has 0 radical (unpaired) electrons. The molecule has 1 fully saturated rings. The zero-order valence-electron chi connectivity index (χ0n) is 11.3. The van der Waals surface area contributed by atoms with Gasteiger partial charge in [0.25, 0.3) is 0 Å². The highest BCUT2D eigenvalue weighted by Gasteiger charge is 2.39. The van der Waals surface area contributed by atoms with E-state index in [1.54, 1.807) is 0 Å². The van der Waals surface area contributed by atoms with Gasteiger partial charge >= 0.3 is 6.03 Å². The van der Waals surface area contributed by atoms with Crippen molar-refractivity contribution in [1.82, 2.24) is 10.6 Å². The van der Waals surface area contributed by atoms with Crippen LogP contribution < -0.4 is 10.6 Å². The minimum atomic E-state index is -0.110. The average molecular weight is 272 g/mol. The number of amides is 2. The summed E-state index contributed by atoms with van der Waals surface area (Å²) in [5.74, 6) is 0.629. The van der Waals surface area contributed by atoms with Gasteiger partial charge in [0.1, 0.15) is 0 Å². The van der Waals surface area contributed by atoms with Gasteiger partial charge in [-0.2, -0.15) is 0 Å². The number of nitrogens with one attached hydrogen (secondary N) is 2. The summed E-state index contributed by atoms with van der Waals surface area (Å²) in [6.07, 6.45) is 5.73. The van der Waals surface area contributed by atoms with Gasteiger partial charge in [0, 0.05) is 30.5 Å². The third kappa shape index (κ3) is 3.02. The molecule has 2 aliphatic carbocycles. The number of carbonyl (C=O) groups excluding carboxylic acids is 1. The second-order valence-electron chi connectivity index (χ2n) is 5.65. The van der Waals surface area contributed by atoms with Crippen molar-refractivity contribution in [3.63, 3.8) is 0 Å². The Morgan fingerprint density at radius 1 is 1.15 bits per heavy atom. The van der Waals surface area contributed by atoms with Crippen molar-refractivity contribution in [2.75, 3.05) is 6.61 Å². The number of aliphatic hydroxyl groups excluding tert-OH is 1. The summed E-state index contributed by atoms with van der Waals surface area (Å²) in [7, 11) is 0. The van der Waals surface area contributed by atoms with Crippen molar-refractivity contribution in [3.8, 4) is 0 Å². The molecule has 0 spiro atoms. The maximum absolute atomic E-state index is 11.9. The zero-order chi connectivity index (χ0) is 13.9. The summed E-state index contributed by atoms with van der Waals surface area (Å²) in [6, 6.07) is 10.5. The molecule has 0 bridgehead atoms. The average Bonchev–Trinajstić information content (AvgIpc) is 3.07. The Morgan fingerprint density at radius 3 is 2.65 bits per heavy atom. The van der Waals surface area contributed by atoms with E-state index in [9.17, 15) is 4.79 Å². The Labute approximate surface area is 118 Å². The van der Waals surface area contributed by atoms with Crippen LogP contribution in [-0.2, 0) is 0 Å². The molecule has 3 N–H and O–H groups in total. The SMILES string of the molecule is O=C(NC1CC1c1ccccc1)N[C@@H]1C=C[C@H](CO)C1. The molecule has 106 valence electrons. The van der Waals surface area contributed by atoms with Crippen molar-refractivity contribution in [3.05, 3.63) is 48.0 Å². The molecule has 1 saturated carbocycles. The van der Waals surface area contributed by atoms with Crippen LogP contribution in [0.25, 0.3) is 0 Å². The molecule has 0 aliphatic heterocycles. The largest absolute Gasteiger partial charge is 0.396 e. The molecule has 4 nitrogen and oxygen atoms in total. The monoisotopic (exact) mass is 272 g/mol. The number of benzene rings is 1. The molecular weight excluding hydrogens is 252 g/mol. The van der Waals surface area contributed by atoms with Crippen LogP contribution in [0, 0.1) is 5.92 Å². The van der Waals surface area contributed by atoms with Crippen molar-refractivity contribution >= 4 is 6.03 Å². The fraction of sp³-hybridized carbons (Fsp3) is 0.438. The molecule has 2 aliphatic rings. The predicted molar refractivity (Wildman–Crippen MR) is 77.4 cm³/mol. The standard InChI is InChI=1S/C16H20N2O2/c19-10-11-6-7-13(8-11)17-16(20)18-15-9-14(15)12-4-2-1-3-5-12/h1-7,11,13-15,19H,8-10H2,(H2,17,18,20)/t11-,13+,14?,15?/m0/s1. The van der Waals surface area contributed by atoms with Crippen molar-refractivity contribution in [2.45, 2.75) is 30.8 Å². The maximum Gasteiger partial charge on any atom is 0.315 e. The van der Waals surface area contributed by atoms with Crippen LogP contribution in [0.4, 0.5) is 4.79 Å². The van der Waals surface area contributed by atoms with Gasteiger partial charge in [-0.1, -0.05) is 42.5 Å². The molecule has 2 unspecified atom stereocenters. The molecule has 4 heteroatoms. The lowest BCUT2D eigenvalue weighted by molar-refractivity contribution is 0.231. The molecule has 20 heavy (non-hydrogen) atoms. The summed E-state index contributed by atoms with van der Waals surface area (Å²) >= 11 is 0. The number of aliphatic hydroxyl groups is 1. The topological polar surface area (TPSA) is 61.4 Å². The second-order valence-corrected chi connectivity index (χ2v) is 5.65. The first kappa shape index (κ1) is 13.2. The summed E-state index contributed by atoms with van der Waals surface area (Å²) in [5.41, 5.74) is 1.29. The molecule has 0 aromatic heterocycles. The maximum atomic E-state index is 11.9. The van der Waals surface area contributed by atoms with E-state index in [-0.39, 0.29) is 30.6 Å². The minimum Gasteiger partial charge on any atom is -0.396 e. The van der Waals surface area contributed by atoms with E-state index < -0.39 is 0 Å². The van der Waals surface area contributed by atoms with Crippen molar-refractivity contribution < 1.29 is 9.90 Å². The molecule has 3 rings (SSSR count). The molecule has 4 atom stereocenters. The molecule has 1 aromatic carbocycles. The van der Waals surface area contributed by atoms with E-state index in [1.165, 1.54) is 5.56 Å². The first-order valence-corrected chi connectivity index (χ1v) is 7.17. The fourth-order valence-electron chi connectivity index (χ4n) is 2.82. The summed E-state index contributed by atoms with van der Waals surface area (Å²) in [5, 5.41) is 15.0. The minimum absolute atomic E-state index is 0.0427. The lowest BCUT2D eigenvalue weighted by atomic mass is 10.1. The van der Waals surface area contributed by atoms with Crippen LogP contribution >= 0.6 is 0 Å². The normalized spacial score (nSPS) is 31.1. The van der Waals surface area contributed by atoms with E-state index in [0.717, 1.165) is 12.8 Å². The van der Waals surface area contributed by atoms with Crippen LogP contribution in [0.5, 0.6) is 0 Å². The lowest BCUT2D eigenvalue weighted by Gasteiger charge is -2.13. The summed E-state index contributed by atoms with van der Waals surface area (Å²) in [4.78, 5) is 11.9. The lowest BCUT2D eigenvalue weighted by Crippen LogP contribution is -2.42. The Bertz CT molecular complexity index is 500. The Morgan fingerprint density at radius 2 is 1.95 bits per heavy atom. The number of rotatable bonds is 4. The highest BCUT2D eigenvalue weighted by Crippen LogP contribution is 2.40. The van der Waals surface area contributed by atoms with Gasteiger partial charge in [0.2, 0.25) is 0 Å². The van der Waals surface area contributed by atoms with Crippen LogP contribution in [0.15, 0.2) is 42.5 Å². The van der Waals surface area contributed by atoms with Gasteiger partial charge in [0.15, 0.2) is 0 Å². The Kier molecular flexibility index (Phi) is 3.74. The third-order valence-corrected chi connectivity index (χ3v) is 4.06. The van der Waals surface area contributed by atoms with Gasteiger partial charge < -0.3 is 15.7 Å². The van der Waals surface area contributed by atoms with Crippen LogP contribution in [0.2, 0.25) is 0 Å².